The summed E-state index contributed by atoms with van der Waals surface area (Å²) < 4.78 is 14.4. The summed E-state index contributed by atoms with van der Waals surface area (Å²) in [5, 5.41) is 0. The summed E-state index contributed by atoms with van der Waals surface area (Å²) in [6.45, 7) is 8.05. The summed E-state index contributed by atoms with van der Waals surface area (Å²) in [6.07, 6.45) is 1.61. The number of anilines is 1. The maximum atomic E-state index is 13.8. The summed E-state index contributed by atoms with van der Waals surface area (Å²) in [5.74, 6) is 0.0753. The molecule has 0 amide bonds. The average Bonchev–Trinajstić information content (AvgIpc) is 2.26. The van der Waals surface area contributed by atoms with Gasteiger partial charge >= 0.3 is 0 Å². The van der Waals surface area contributed by atoms with Crippen LogP contribution in [0.1, 0.15) is 20.8 Å². The quantitative estimate of drug-likeness (QED) is 0.909. The Bertz CT molecular complexity index is 382. The number of hydrogen-bond donors (Lipinski definition) is 1. The fraction of sp³-hybridized carbons (Fsp3) is 0.583. The summed E-state index contributed by atoms with van der Waals surface area (Å²) in [5.41, 5.74) is 5.64. The second-order valence-corrected chi connectivity index (χ2v) is 5.76. The number of nitrogens with two attached hydrogens (primary N) is 1. The van der Waals surface area contributed by atoms with Crippen molar-refractivity contribution in [3.63, 3.8) is 0 Å². The van der Waals surface area contributed by atoms with Gasteiger partial charge in [0.25, 0.3) is 0 Å². The third-order valence-electron chi connectivity index (χ3n) is 2.64. The molecule has 1 aromatic rings. The van der Waals surface area contributed by atoms with Crippen molar-refractivity contribution in [2.75, 3.05) is 24.5 Å². The van der Waals surface area contributed by atoms with Crippen molar-refractivity contribution in [1.82, 2.24) is 4.98 Å². The zero-order valence-corrected chi connectivity index (χ0v) is 12.1. The third kappa shape index (κ3) is 3.92. The summed E-state index contributed by atoms with van der Waals surface area (Å²) >= 11 is 3.20. The lowest BCUT2D eigenvalue weighted by Gasteiger charge is -2.32. The predicted octanol–water partition coefficient (Wildman–Crippen LogP) is 2.79. The Kier molecular flexibility index (Phi) is 4.89. The van der Waals surface area contributed by atoms with Crippen LogP contribution in [0, 0.1) is 11.2 Å². The van der Waals surface area contributed by atoms with E-state index in [2.05, 4.69) is 34.8 Å². The van der Waals surface area contributed by atoms with E-state index in [0.717, 1.165) is 0 Å². The van der Waals surface area contributed by atoms with Gasteiger partial charge in [0.1, 0.15) is 0 Å². The number of aromatic nitrogens is 1. The van der Waals surface area contributed by atoms with Gasteiger partial charge in [-0.15, -0.1) is 0 Å². The van der Waals surface area contributed by atoms with Crippen molar-refractivity contribution in [3.05, 3.63) is 22.6 Å². The molecule has 0 aliphatic carbocycles. The van der Waals surface area contributed by atoms with Crippen molar-refractivity contribution in [2.45, 2.75) is 20.8 Å². The van der Waals surface area contributed by atoms with Gasteiger partial charge in [0.2, 0.25) is 0 Å². The van der Waals surface area contributed by atoms with Gasteiger partial charge in [0.05, 0.1) is 0 Å². The molecule has 0 radical (unpaired) electrons. The normalized spacial score (nSPS) is 11.6. The van der Waals surface area contributed by atoms with Crippen LogP contribution in [0.3, 0.4) is 0 Å². The van der Waals surface area contributed by atoms with E-state index in [1.807, 2.05) is 11.8 Å². The second-order valence-electron chi connectivity index (χ2n) is 4.84. The van der Waals surface area contributed by atoms with E-state index >= 15 is 0 Å². The molecule has 2 N–H and O–H groups in total. The monoisotopic (exact) mass is 303 g/mol. The molecule has 0 aliphatic rings. The first kappa shape index (κ1) is 14.4. The Balaban J connectivity index is 2.94. The maximum absolute atomic E-state index is 13.8. The summed E-state index contributed by atoms with van der Waals surface area (Å²) in [6, 6.07) is 1.43. The fourth-order valence-corrected chi connectivity index (χ4v) is 1.86. The van der Waals surface area contributed by atoms with Crippen LogP contribution in [-0.4, -0.2) is 24.6 Å². The predicted molar refractivity (Wildman–Crippen MR) is 72.6 cm³/mol. The molecule has 3 nitrogen and oxygen atoms in total. The zero-order valence-electron chi connectivity index (χ0n) is 10.5. The average molecular weight is 304 g/mol. The summed E-state index contributed by atoms with van der Waals surface area (Å²) in [7, 11) is 0. The molecular formula is C12H19BrFN3. The Morgan fingerprint density at radius 2 is 2.18 bits per heavy atom. The first-order chi connectivity index (χ1) is 7.89. The molecule has 0 atom stereocenters. The van der Waals surface area contributed by atoms with Gasteiger partial charge in [0, 0.05) is 23.8 Å². The highest BCUT2D eigenvalue weighted by Gasteiger charge is 2.22. The molecule has 0 aliphatic heterocycles. The minimum absolute atomic E-state index is 0.0583. The van der Waals surface area contributed by atoms with Gasteiger partial charge in [-0.05, 0) is 40.9 Å². The highest BCUT2D eigenvalue weighted by Crippen LogP contribution is 2.23. The smallest absolute Gasteiger partial charge is 0.166 e. The topological polar surface area (TPSA) is 42.1 Å². The van der Waals surface area contributed by atoms with Crippen molar-refractivity contribution >= 4 is 21.7 Å². The van der Waals surface area contributed by atoms with Gasteiger partial charge < -0.3 is 10.6 Å². The number of nitrogens with zero attached hydrogens (tertiary/aromatic N) is 2. The molecule has 1 heterocycles. The molecule has 0 saturated heterocycles. The van der Waals surface area contributed by atoms with E-state index in [0.29, 0.717) is 29.9 Å². The van der Waals surface area contributed by atoms with E-state index < -0.39 is 0 Å². The number of hydrogen-bond acceptors (Lipinski definition) is 3. The van der Waals surface area contributed by atoms with Gasteiger partial charge in [-0.3, -0.25) is 0 Å². The zero-order chi connectivity index (χ0) is 13.1. The maximum Gasteiger partial charge on any atom is 0.166 e. The van der Waals surface area contributed by atoms with Crippen LogP contribution in [0.5, 0.6) is 0 Å². The number of halogens is 2. The molecule has 1 aromatic heterocycles. The lowest BCUT2D eigenvalue weighted by atomic mass is 9.93. The Morgan fingerprint density at radius 3 is 2.65 bits per heavy atom. The highest BCUT2D eigenvalue weighted by molar-refractivity contribution is 9.10. The van der Waals surface area contributed by atoms with Crippen LogP contribution in [0.2, 0.25) is 0 Å². The molecule has 0 bridgehead atoms. The van der Waals surface area contributed by atoms with Gasteiger partial charge in [-0.2, -0.15) is 0 Å². The van der Waals surface area contributed by atoms with Crippen molar-refractivity contribution in [3.8, 4) is 0 Å². The van der Waals surface area contributed by atoms with Crippen LogP contribution in [0.15, 0.2) is 16.7 Å². The Morgan fingerprint density at radius 1 is 1.53 bits per heavy atom. The number of pyridine rings is 1. The van der Waals surface area contributed by atoms with Gasteiger partial charge in [-0.1, -0.05) is 13.8 Å². The van der Waals surface area contributed by atoms with Crippen molar-refractivity contribution in [2.24, 2.45) is 11.1 Å². The molecular weight excluding hydrogens is 285 g/mol. The SMILES string of the molecule is CCN(CC(C)(C)CN)c1ncc(Br)cc1F. The van der Waals surface area contributed by atoms with Crippen molar-refractivity contribution < 1.29 is 4.39 Å². The second kappa shape index (κ2) is 5.78. The van der Waals surface area contributed by atoms with E-state index in [1.165, 1.54) is 6.07 Å². The van der Waals surface area contributed by atoms with Crippen LogP contribution in [-0.2, 0) is 0 Å². The van der Waals surface area contributed by atoms with Gasteiger partial charge in [0.15, 0.2) is 11.6 Å². The molecule has 0 spiro atoms. The lowest BCUT2D eigenvalue weighted by molar-refractivity contribution is 0.377. The van der Waals surface area contributed by atoms with E-state index in [1.54, 1.807) is 6.20 Å². The fourth-order valence-electron chi connectivity index (χ4n) is 1.56. The molecule has 0 aromatic carbocycles. The minimum Gasteiger partial charge on any atom is -0.354 e. The third-order valence-corrected chi connectivity index (χ3v) is 3.07. The number of rotatable bonds is 5. The standard InChI is InChI=1S/C12H19BrFN3/c1-4-17(8-12(2,3)7-15)11-10(14)5-9(13)6-16-11/h5-6H,4,7-8,15H2,1-3H3. The van der Waals surface area contributed by atoms with E-state index in [9.17, 15) is 4.39 Å². The highest BCUT2D eigenvalue weighted by atomic mass is 79.9. The largest absolute Gasteiger partial charge is 0.354 e. The van der Waals surface area contributed by atoms with Crippen LogP contribution in [0.25, 0.3) is 0 Å². The van der Waals surface area contributed by atoms with E-state index in [4.69, 9.17) is 5.73 Å². The molecule has 0 saturated carbocycles. The molecule has 5 heteroatoms. The van der Waals surface area contributed by atoms with Crippen LogP contribution >= 0.6 is 15.9 Å². The van der Waals surface area contributed by atoms with Crippen molar-refractivity contribution in [1.29, 1.82) is 0 Å². The molecule has 0 fully saturated rings. The Labute approximate surface area is 110 Å². The summed E-state index contributed by atoms with van der Waals surface area (Å²) in [4.78, 5) is 6.04. The van der Waals surface area contributed by atoms with Crippen LogP contribution < -0.4 is 10.6 Å². The first-order valence-corrected chi connectivity index (χ1v) is 6.45. The Hall–Kier alpha value is -0.680. The molecule has 17 heavy (non-hydrogen) atoms. The van der Waals surface area contributed by atoms with E-state index in [-0.39, 0.29) is 11.2 Å². The lowest BCUT2D eigenvalue weighted by Crippen LogP contribution is -2.39. The molecule has 96 valence electrons. The van der Waals surface area contributed by atoms with Crippen LogP contribution in [0.4, 0.5) is 10.2 Å². The minimum atomic E-state index is -0.311. The molecule has 0 unspecified atom stereocenters. The first-order valence-electron chi connectivity index (χ1n) is 5.65. The molecule has 1 rings (SSSR count). The van der Waals surface area contributed by atoms with Gasteiger partial charge in [-0.25, -0.2) is 9.37 Å².